The van der Waals surface area contributed by atoms with Crippen molar-refractivity contribution in [3.8, 4) is 6.07 Å². The summed E-state index contributed by atoms with van der Waals surface area (Å²) in [7, 11) is 0. The van der Waals surface area contributed by atoms with Crippen LogP contribution in [-0.2, 0) is 15.0 Å². The second kappa shape index (κ2) is 12.2. The number of amides is 1. The van der Waals surface area contributed by atoms with Crippen molar-refractivity contribution >= 4 is 33.6 Å². The number of carbonyl (C=O) groups excluding carboxylic acids is 2. The smallest absolute Gasteiger partial charge is 0.335 e. The van der Waals surface area contributed by atoms with Crippen LogP contribution >= 0.6 is 0 Å². The van der Waals surface area contributed by atoms with E-state index in [2.05, 4.69) is 35.8 Å². The first-order chi connectivity index (χ1) is 19.6. The Balaban J connectivity index is 1.28. The van der Waals surface area contributed by atoms with E-state index in [9.17, 15) is 14.9 Å². The molecule has 1 heterocycles. The van der Waals surface area contributed by atoms with Crippen molar-refractivity contribution in [2.24, 2.45) is 0 Å². The molecule has 0 saturated carbocycles. The molecule has 1 N–H and O–H groups in total. The Morgan fingerprint density at radius 1 is 0.775 bits per heavy atom. The second-order valence-electron chi connectivity index (χ2n) is 9.81. The summed E-state index contributed by atoms with van der Waals surface area (Å²) in [5.74, 6) is -0.965. The van der Waals surface area contributed by atoms with E-state index in [4.69, 9.17) is 9.82 Å². The number of benzene rings is 4. The first kappa shape index (κ1) is 26.6. The Hall–Kier alpha value is -5.02. The lowest BCUT2D eigenvalue weighted by atomic mass is 9.74. The van der Waals surface area contributed by atoms with Gasteiger partial charge in [0.25, 0.3) is 5.91 Å². The van der Waals surface area contributed by atoms with Gasteiger partial charge >= 0.3 is 5.97 Å². The fourth-order valence-electron chi connectivity index (χ4n) is 5.00. The van der Waals surface area contributed by atoms with Gasteiger partial charge in [0.1, 0.15) is 5.41 Å². The van der Waals surface area contributed by atoms with E-state index >= 15 is 0 Å². The predicted octanol–water partition coefficient (Wildman–Crippen LogP) is 7.04. The monoisotopic (exact) mass is 527 g/mol. The average molecular weight is 528 g/mol. The fraction of sp³-hybridized carbons (Fsp3) is 0.176. The Morgan fingerprint density at radius 3 is 2.27 bits per heavy atom. The van der Waals surface area contributed by atoms with Crippen molar-refractivity contribution in [1.82, 2.24) is 10.5 Å². The van der Waals surface area contributed by atoms with Gasteiger partial charge in [0.15, 0.2) is 0 Å². The summed E-state index contributed by atoms with van der Waals surface area (Å²) in [4.78, 5) is 34.1. The largest absolute Gasteiger partial charge is 0.362 e. The summed E-state index contributed by atoms with van der Waals surface area (Å²) in [6.07, 6.45) is 2.80. The van der Waals surface area contributed by atoms with Gasteiger partial charge in [0.05, 0.1) is 22.8 Å². The normalized spacial score (nSPS) is 12.4. The Kier molecular flexibility index (Phi) is 8.13. The summed E-state index contributed by atoms with van der Waals surface area (Å²) in [6, 6.07) is 37.3. The summed E-state index contributed by atoms with van der Waals surface area (Å²) >= 11 is 0. The Morgan fingerprint density at radius 2 is 1.48 bits per heavy atom. The predicted molar refractivity (Wildman–Crippen MR) is 155 cm³/mol. The summed E-state index contributed by atoms with van der Waals surface area (Å²) in [6.45, 7) is 0. The molecule has 1 atom stereocenters. The molecule has 1 amide bonds. The topological polar surface area (TPSA) is 92.1 Å². The first-order valence-corrected chi connectivity index (χ1v) is 13.4. The van der Waals surface area contributed by atoms with Crippen molar-refractivity contribution in [2.75, 3.05) is 0 Å². The molecule has 0 spiro atoms. The fourth-order valence-corrected chi connectivity index (χ4v) is 5.00. The van der Waals surface area contributed by atoms with E-state index in [1.54, 1.807) is 30.3 Å². The van der Waals surface area contributed by atoms with Gasteiger partial charge in [-0.1, -0.05) is 91.7 Å². The van der Waals surface area contributed by atoms with Crippen molar-refractivity contribution in [3.63, 3.8) is 0 Å². The minimum absolute atomic E-state index is 0.214. The van der Waals surface area contributed by atoms with Crippen LogP contribution in [0.3, 0.4) is 0 Å². The van der Waals surface area contributed by atoms with Crippen LogP contribution in [0.25, 0.3) is 21.7 Å². The number of hydroxylamine groups is 1. The first-order valence-electron chi connectivity index (χ1n) is 13.4. The van der Waals surface area contributed by atoms with Gasteiger partial charge in [-0.25, -0.2) is 4.79 Å². The molecule has 4 aromatic carbocycles. The lowest BCUT2D eigenvalue weighted by Crippen LogP contribution is -2.28. The SMILES string of the molecule is N#CC(CCCCCC(=O)NOC(=O)c1ccccc1)(c1ccc2ccccc2c1)c1ccc2ccccc2n1. The van der Waals surface area contributed by atoms with Crippen LogP contribution in [0.15, 0.2) is 109 Å². The highest BCUT2D eigenvalue weighted by atomic mass is 16.7. The molecule has 6 heteroatoms. The standard InChI is InChI=1S/C34H29N3O3/c35-24-34(29-20-18-25-11-6-7-15-28(25)23-29,31-21-19-26-12-8-9-16-30(26)36-31)22-10-2-5-17-32(38)37-40-33(39)27-13-3-1-4-14-27/h1,3-4,6-9,11-16,18-21,23H,2,5,10,17,22H2,(H,37,38). The third-order valence-electron chi connectivity index (χ3n) is 7.19. The van der Waals surface area contributed by atoms with Crippen LogP contribution in [0.5, 0.6) is 0 Å². The zero-order chi connectivity index (χ0) is 27.8. The molecule has 0 fully saturated rings. The molecule has 6 nitrogen and oxygen atoms in total. The highest BCUT2D eigenvalue weighted by Crippen LogP contribution is 2.38. The van der Waals surface area contributed by atoms with E-state index in [-0.39, 0.29) is 12.3 Å². The highest BCUT2D eigenvalue weighted by molar-refractivity contribution is 5.90. The summed E-state index contributed by atoms with van der Waals surface area (Å²) in [5, 5.41) is 13.9. The number of hydrogen-bond donors (Lipinski definition) is 1. The highest BCUT2D eigenvalue weighted by Gasteiger charge is 2.36. The Bertz CT molecular complexity index is 1610. The number of aromatic nitrogens is 1. The maximum absolute atomic E-state index is 12.2. The third-order valence-corrected chi connectivity index (χ3v) is 7.19. The number of rotatable bonds is 9. The number of unbranched alkanes of at least 4 members (excludes halogenated alkanes) is 2. The quantitative estimate of drug-likeness (QED) is 0.164. The molecule has 40 heavy (non-hydrogen) atoms. The van der Waals surface area contributed by atoms with Gasteiger partial charge in [-0.15, -0.1) is 0 Å². The molecule has 0 aliphatic rings. The maximum Gasteiger partial charge on any atom is 0.362 e. The number of pyridine rings is 1. The van der Waals surface area contributed by atoms with Crippen molar-refractivity contribution in [1.29, 1.82) is 5.26 Å². The summed E-state index contributed by atoms with van der Waals surface area (Å²) in [5.41, 5.74) is 4.13. The van der Waals surface area contributed by atoms with Gasteiger partial charge in [0, 0.05) is 11.8 Å². The van der Waals surface area contributed by atoms with E-state index in [0.29, 0.717) is 24.8 Å². The van der Waals surface area contributed by atoms with Gasteiger partial charge in [-0.2, -0.15) is 10.7 Å². The van der Waals surface area contributed by atoms with E-state index in [1.807, 2.05) is 54.6 Å². The number of para-hydroxylation sites is 1. The molecule has 5 rings (SSSR count). The average Bonchev–Trinajstić information content (AvgIpc) is 3.01. The third kappa shape index (κ3) is 5.84. The Labute approximate surface area is 233 Å². The molecular formula is C34H29N3O3. The van der Waals surface area contributed by atoms with Crippen LogP contribution < -0.4 is 5.48 Å². The van der Waals surface area contributed by atoms with Crippen molar-refractivity contribution in [3.05, 3.63) is 126 Å². The molecule has 1 aromatic heterocycles. The van der Waals surface area contributed by atoms with Crippen molar-refractivity contribution in [2.45, 2.75) is 37.5 Å². The second-order valence-corrected chi connectivity index (χ2v) is 9.81. The minimum atomic E-state index is -0.943. The molecule has 0 aliphatic carbocycles. The van der Waals surface area contributed by atoms with Crippen LogP contribution in [0.2, 0.25) is 0 Å². The van der Waals surface area contributed by atoms with Crippen LogP contribution in [0.4, 0.5) is 0 Å². The molecule has 0 saturated heterocycles. The maximum atomic E-state index is 12.2. The molecule has 0 bridgehead atoms. The van der Waals surface area contributed by atoms with E-state index in [0.717, 1.165) is 39.4 Å². The molecular weight excluding hydrogens is 498 g/mol. The lowest BCUT2D eigenvalue weighted by molar-refractivity contribution is -0.130. The lowest BCUT2D eigenvalue weighted by Gasteiger charge is -2.27. The zero-order valence-corrected chi connectivity index (χ0v) is 22.0. The number of nitriles is 1. The van der Waals surface area contributed by atoms with Gasteiger partial charge < -0.3 is 4.84 Å². The number of hydrogen-bond acceptors (Lipinski definition) is 5. The number of carbonyl (C=O) groups is 2. The minimum Gasteiger partial charge on any atom is -0.335 e. The van der Waals surface area contributed by atoms with Crippen LogP contribution in [0, 0.1) is 11.3 Å². The van der Waals surface area contributed by atoms with E-state index in [1.165, 1.54) is 0 Å². The summed E-state index contributed by atoms with van der Waals surface area (Å²) < 4.78 is 0. The number of nitrogens with zero attached hydrogens (tertiary/aromatic N) is 2. The molecule has 0 aliphatic heterocycles. The number of fused-ring (bicyclic) bond motifs is 2. The number of nitrogens with one attached hydrogen (secondary N) is 1. The molecule has 1 unspecified atom stereocenters. The van der Waals surface area contributed by atoms with Gasteiger partial charge in [-0.05, 0) is 59.5 Å². The molecule has 5 aromatic rings. The molecule has 198 valence electrons. The molecule has 0 radical (unpaired) electrons. The van der Waals surface area contributed by atoms with Gasteiger partial charge in [-0.3, -0.25) is 9.78 Å². The van der Waals surface area contributed by atoms with Gasteiger partial charge in [0.2, 0.25) is 0 Å². The van der Waals surface area contributed by atoms with E-state index < -0.39 is 11.4 Å². The zero-order valence-electron chi connectivity index (χ0n) is 22.0. The van der Waals surface area contributed by atoms with Crippen LogP contribution in [0.1, 0.15) is 53.7 Å². The van der Waals surface area contributed by atoms with Crippen LogP contribution in [-0.4, -0.2) is 16.9 Å². The van der Waals surface area contributed by atoms with Crippen molar-refractivity contribution < 1.29 is 14.4 Å².